The largest absolute Gasteiger partial charge is 0.349 e. The van der Waals surface area contributed by atoms with Crippen molar-refractivity contribution in [3.8, 4) is 0 Å². The van der Waals surface area contributed by atoms with E-state index in [1.807, 2.05) is 31.2 Å². The number of rotatable bonds is 5. The molecule has 0 aliphatic carbocycles. The molecule has 0 heterocycles. The normalized spacial score (nSPS) is 12.1. The lowest BCUT2D eigenvalue weighted by Gasteiger charge is -2.15. The van der Waals surface area contributed by atoms with Crippen LogP contribution in [-0.2, 0) is 4.79 Å². The van der Waals surface area contributed by atoms with Gasteiger partial charge in [-0.2, -0.15) is 0 Å². The van der Waals surface area contributed by atoms with E-state index in [0.29, 0.717) is 5.75 Å². The van der Waals surface area contributed by atoms with Gasteiger partial charge in [0.05, 0.1) is 11.8 Å². The summed E-state index contributed by atoms with van der Waals surface area (Å²) in [7, 11) is 0. The fraction of sp³-hybridized carbons (Fsp3) is 0.190. The lowest BCUT2D eigenvalue weighted by atomic mass is 10.0. The molecule has 0 spiro atoms. The molecule has 1 atom stereocenters. The van der Waals surface area contributed by atoms with E-state index in [-0.39, 0.29) is 11.9 Å². The van der Waals surface area contributed by atoms with Crippen LogP contribution in [0.2, 0.25) is 0 Å². The van der Waals surface area contributed by atoms with Crippen molar-refractivity contribution in [3.63, 3.8) is 0 Å². The third-order valence-electron chi connectivity index (χ3n) is 4.10. The second kappa shape index (κ2) is 7.54. The summed E-state index contributed by atoms with van der Waals surface area (Å²) < 4.78 is 0. The number of fused-ring (bicyclic) bond motifs is 1. The summed E-state index contributed by atoms with van der Waals surface area (Å²) in [5.41, 5.74) is 2.33. The second-order valence-electron chi connectivity index (χ2n) is 5.95. The van der Waals surface area contributed by atoms with E-state index >= 15 is 0 Å². The van der Waals surface area contributed by atoms with Crippen molar-refractivity contribution in [2.75, 3.05) is 5.75 Å². The van der Waals surface area contributed by atoms with Crippen LogP contribution in [0.25, 0.3) is 10.8 Å². The molecule has 0 aromatic heterocycles. The summed E-state index contributed by atoms with van der Waals surface area (Å²) >= 11 is 1.58. The molecule has 0 saturated carbocycles. The zero-order valence-electron chi connectivity index (χ0n) is 14.0. The molecule has 2 nitrogen and oxygen atoms in total. The molecule has 0 fully saturated rings. The minimum atomic E-state index is -0.000392. The smallest absolute Gasteiger partial charge is 0.230 e. The van der Waals surface area contributed by atoms with E-state index in [0.717, 1.165) is 10.5 Å². The van der Waals surface area contributed by atoms with Gasteiger partial charge in [0.15, 0.2) is 0 Å². The second-order valence-corrected chi connectivity index (χ2v) is 6.97. The average Bonchev–Trinajstić information content (AvgIpc) is 2.60. The Bertz CT molecular complexity index is 859. The summed E-state index contributed by atoms with van der Waals surface area (Å²) in [4.78, 5) is 13.4. The van der Waals surface area contributed by atoms with Crippen LogP contribution in [-0.4, -0.2) is 11.7 Å². The van der Waals surface area contributed by atoms with Crippen LogP contribution in [0.5, 0.6) is 0 Å². The summed E-state index contributed by atoms with van der Waals surface area (Å²) in [5, 5.41) is 5.51. The molecule has 3 aromatic carbocycles. The first-order chi connectivity index (χ1) is 11.6. The molecule has 0 bridgehead atoms. The average molecular weight is 335 g/mol. The molecule has 122 valence electrons. The molecule has 0 radical (unpaired) electrons. The molecule has 3 rings (SSSR count). The molecular formula is C21H21NOS. The third kappa shape index (κ3) is 3.98. The van der Waals surface area contributed by atoms with Gasteiger partial charge in [0.25, 0.3) is 0 Å². The summed E-state index contributed by atoms with van der Waals surface area (Å²) in [6, 6.07) is 22.8. The van der Waals surface area contributed by atoms with Gasteiger partial charge < -0.3 is 5.32 Å². The standard InChI is InChI=1S/C21H21NOS/c1-15-7-3-6-10-20(15)24-14-21(23)22-16(2)18-12-11-17-8-4-5-9-19(17)13-18/h3-13,16H,14H2,1-2H3,(H,22,23)/t16-/m0/s1. The molecule has 1 amide bonds. The Hall–Kier alpha value is -2.26. The Labute approximate surface area is 147 Å². The van der Waals surface area contributed by atoms with Gasteiger partial charge in [-0.1, -0.05) is 54.6 Å². The number of hydrogen-bond acceptors (Lipinski definition) is 2. The first-order valence-corrected chi connectivity index (χ1v) is 9.08. The van der Waals surface area contributed by atoms with Gasteiger partial charge in [0, 0.05) is 4.90 Å². The topological polar surface area (TPSA) is 29.1 Å². The zero-order chi connectivity index (χ0) is 16.9. The van der Waals surface area contributed by atoms with Crippen LogP contribution in [0.3, 0.4) is 0 Å². The van der Waals surface area contributed by atoms with E-state index in [4.69, 9.17) is 0 Å². The minimum Gasteiger partial charge on any atom is -0.349 e. The number of amides is 1. The molecule has 1 N–H and O–H groups in total. The van der Waals surface area contributed by atoms with Crippen LogP contribution >= 0.6 is 11.8 Å². The number of aryl methyl sites for hydroxylation is 1. The lowest BCUT2D eigenvalue weighted by molar-refractivity contribution is -0.119. The van der Waals surface area contributed by atoms with Crippen molar-refractivity contribution in [2.24, 2.45) is 0 Å². The Kier molecular flexibility index (Phi) is 5.21. The monoisotopic (exact) mass is 335 g/mol. The van der Waals surface area contributed by atoms with Crippen molar-refractivity contribution in [2.45, 2.75) is 24.8 Å². The van der Waals surface area contributed by atoms with Gasteiger partial charge in [-0.3, -0.25) is 4.79 Å². The van der Waals surface area contributed by atoms with Crippen LogP contribution in [0.15, 0.2) is 71.6 Å². The van der Waals surface area contributed by atoms with E-state index in [9.17, 15) is 4.79 Å². The number of carbonyl (C=O) groups excluding carboxylic acids is 1. The van der Waals surface area contributed by atoms with E-state index in [1.165, 1.54) is 16.3 Å². The highest BCUT2D eigenvalue weighted by Gasteiger charge is 2.11. The molecule has 24 heavy (non-hydrogen) atoms. The highest BCUT2D eigenvalue weighted by atomic mass is 32.2. The lowest BCUT2D eigenvalue weighted by Crippen LogP contribution is -2.28. The van der Waals surface area contributed by atoms with E-state index in [1.54, 1.807) is 11.8 Å². The molecular weight excluding hydrogens is 314 g/mol. The fourth-order valence-corrected chi connectivity index (χ4v) is 3.55. The number of thioether (sulfide) groups is 1. The maximum Gasteiger partial charge on any atom is 0.230 e. The predicted molar refractivity (Wildman–Crippen MR) is 102 cm³/mol. The summed E-state index contributed by atoms with van der Waals surface area (Å²) in [6.45, 7) is 4.10. The van der Waals surface area contributed by atoms with Crippen molar-refractivity contribution < 1.29 is 4.79 Å². The number of carbonyl (C=O) groups is 1. The molecule has 3 heteroatoms. The quantitative estimate of drug-likeness (QED) is 0.656. The van der Waals surface area contributed by atoms with Gasteiger partial charge in [0.1, 0.15) is 0 Å². The van der Waals surface area contributed by atoms with Gasteiger partial charge in [-0.05, 0) is 47.9 Å². The predicted octanol–water partition coefficient (Wildman–Crippen LogP) is 5.12. The Morgan fingerprint density at radius 2 is 1.71 bits per heavy atom. The zero-order valence-corrected chi connectivity index (χ0v) is 14.8. The third-order valence-corrected chi connectivity index (χ3v) is 5.28. The molecule has 0 aliphatic heterocycles. The Morgan fingerprint density at radius 1 is 1.00 bits per heavy atom. The van der Waals surface area contributed by atoms with Gasteiger partial charge in [0.2, 0.25) is 5.91 Å². The Morgan fingerprint density at radius 3 is 2.50 bits per heavy atom. The van der Waals surface area contributed by atoms with Crippen molar-refractivity contribution in [1.29, 1.82) is 0 Å². The van der Waals surface area contributed by atoms with Crippen LogP contribution in [0.4, 0.5) is 0 Å². The SMILES string of the molecule is Cc1ccccc1SCC(=O)N[C@@H](C)c1ccc2ccccc2c1. The van der Waals surface area contributed by atoms with E-state index in [2.05, 4.69) is 54.7 Å². The number of hydrogen-bond donors (Lipinski definition) is 1. The molecule has 0 saturated heterocycles. The maximum atomic E-state index is 12.2. The highest BCUT2D eigenvalue weighted by molar-refractivity contribution is 8.00. The number of nitrogens with one attached hydrogen (secondary N) is 1. The highest BCUT2D eigenvalue weighted by Crippen LogP contribution is 2.23. The van der Waals surface area contributed by atoms with Gasteiger partial charge >= 0.3 is 0 Å². The fourth-order valence-electron chi connectivity index (χ4n) is 2.71. The minimum absolute atomic E-state index is 0.000392. The first-order valence-electron chi connectivity index (χ1n) is 8.10. The summed E-state index contributed by atoms with van der Waals surface area (Å²) in [5.74, 6) is 0.492. The number of benzene rings is 3. The van der Waals surface area contributed by atoms with Gasteiger partial charge in [-0.15, -0.1) is 11.8 Å². The Balaban J connectivity index is 1.61. The molecule has 0 aliphatic rings. The first kappa shape index (κ1) is 16.6. The maximum absolute atomic E-state index is 12.2. The van der Waals surface area contributed by atoms with Crippen LogP contribution in [0.1, 0.15) is 24.1 Å². The van der Waals surface area contributed by atoms with E-state index < -0.39 is 0 Å². The van der Waals surface area contributed by atoms with Crippen molar-refractivity contribution in [1.82, 2.24) is 5.32 Å². The van der Waals surface area contributed by atoms with Crippen molar-refractivity contribution in [3.05, 3.63) is 77.9 Å². The van der Waals surface area contributed by atoms with Crippen molar-refractivity contribution >= 4 is 28.4 Å². The summed E-state index contributed by atoms with van der Waals surface area (Å²) in [6.07, 6.45) is 0. The molecule has 0 unspecified atom stereocenters. The van der Waals surface area contributed by atoms with Gasteiger partial charge in [-0.25, -0.2) is 0 Å². The van der Waals surface area contributed by atoms with Crippen LogP contribution < -0.4 is 5.32 Å². The van der Waals surface area contributed by atoms with Crippen LogP contribution in [0, 0.1) is 6.92 Å². The molecule has 3 aromatic rings.